The number of halogens is 3. The summed E-state index contributed by atoms with van der Waals surface area (Å²) < 4.78 is 38.3. The van der Waals surface area contributed by atoms with Gasteiger partial charge < -0.3 is 9.80 Å². The number of carbonyl (C=O) groups excluding carboxylic acids is 2. The minimum absolute atomic E-state index is 0.0670. The van der Waals surface area contributed by atoms with Crippen LogP contribution in [-0.2, 0) is 9.59 Å². The molecule has 132 valence electrons. The number of alkyl halides is 3. The standard InChI is InChI=1S/C17H21F3N2O2/c1-11-5-4-6-12(7-11)13-8-14(13)16(24)22(10-17(18,19)20)9-15(23)21(2)3/h4-7,13-14H,8-10H2,1-3H3/t13-,14-/m0/s1. The Balaban J connectivity index is 2.09. The maximum absolute atomic E-state index is 12.8. The van der Waals surface area contributed by atoms with Gasteiger partial charge in [0.1, 0.15) is 13.1 Å². The van der Waals surface area contributed by atoms with E-state index in [0.717, 1.165) is 11.1 Å². The number of aryl methyl sites for hydroxylation is 1. The van der Waals surface area contributed by atoms with Crippen molar-refractivity contribution in [3.05, 3.63) is 35.4 Å². The van der Waals surface area contributed by atoms with Crippen molar-refractivity contribution < 1.29 is 22.8 Å². The predicted molar refractivity (Wildman–Crippen MR) is 83.4 cm³/mol. The van der Waals surface area contributed by atoms with E-state index in [9.17, 15) is 22.8 Å². The van der Waals surface area contributed by atoms with E-state index < -0.39 is 37.0 Å². The van der Waals surface area contributed by atoms with Crippen molar-refractivity contribution in [1.29, 1.82) is 0 Å². The molecule has 0 spiro atoms. The maximum Gasteiger partial charge on any atom is 0.406 e. The van der Waals surface area contributed by atoms with E-state index in [1.165, 1.54) is 19.0 Å². The summed E-state index contributed by atoms with van der Waals surface area (Å²) in [6.07, 6.45) is -4.01. The highest BCUT2D eigenvalue weighted by Gasteiger charge is 2.47. The molecule has 2 rings (SSSR count). The van der Waals surface area contributed by atoms with Crippen LogP contribution >= 0.6 is 0 Å². The average Bonchev–Trinajstić information content (AvgIpc) is 3.24. The number of carbonyl (C=O) groups is 2. The Labute approximate surface area is 139 Å². The van der Waals surface area contributed by atoms with Crippen LogP contribution in [0.2, 0.25) is 0 Å². The second kappa shape index (κ2) is 6.83. The maximum atomic E-state index is 12.8. The van der Waals surface area contributed by atoms with Gasteiger partial charge in [-0.25, -0.2) is 0 Å². The topological polar surface area (TPSA) is 40.6 Å². The zero-order valence-corrected chi connectivity index (χ0v) is 13.9. The smallest absolute Gasteiger partial charge is 0.347 e. The third-order valence-corrected chi connectivity index (χ3v) is 4.08. The Morgan fingerprint density at radius 2 is 1.92 bits per heavy atom. The second-order valence-electron chi connectivity index (χ2n) is 6.46. The first-order valence-corrected chi connectivity index (χ1v) is 7.70. The largest absolute Gasteiger partial charge is 0.406 e. The van der Waals surface area contributed by atoms with Crippen LogP contribution in [0, 0.1) is 12.8 Å². The molecule has 2 atom stereocenters. The highest BCUT2D eigenvalue weighted by atomic mass is 19.4. The van der Waals surface area contributed by atoms with Crippen LogP contribution in [0.15, 0.2) is 24.3 Å². The van der Waals surface area contributed by atoms with E-state index in [4.69, 9.17) is 0 Å². The quantitative estimate of drug-likeness (QED) is 0.825. The molecule has 0 unspecified atom stereocenters. The van der Waals surface area contributed by atoms with Gasteiger partial charge in [-0.15, -0.1) is 0 Å². The lowest BCUT2D eigenvalue weighted by molar-refractivity contribution is -0.164. The summed E-state index contributed by atoms with van der Waals surface area (Å²) in [4.78, 5) is 26.0. The molecule has 1 fully saturated rings. The number of nitrogens with zero attached hydrogens (tertiary/aromatic N) is 2. The highest BCUT2D eigenvalue weighted by molar-refractivity contribution is 5.88. The summed E-state index contributed by atoms with van der Waals surface area (Å²) >= 11 is 0. The average molecular weight is 342 g/mol. The molecule has 4 nitrogen and oxygen atoms in total. The van der Waals surface area contributed by atoms with Gasteiger partial charge in [-0.1, -0.05) is 29.8 Å². The molecule has 1 saturated carbocycles. The van der Waals surface area contributed by atoms with Crippen LogP contribution in [0.4, 0.5) is 13.2 Å². The molecule has 7 heteroatoms. The Kier molecular flexibility index (Phi) is 5.20. The van der Waals surface area contributed by atoms with Crippen molar-refractivity contribution in [3.8, 4) is 0 Å². The number of hydrogen-bond acceptors (Lipinski definition) is 2. The van der Waals surface area contributed by atoms with Crippen molar-refractivity contribution in [2.45, 2.75) is 25.4 Å². The molecule has 0 N–H and O–H groups in total. The Morgan fingerprint density at radius 3 is 2.46 bits per heavy atom. The number of rotatable bonds is 5. The lowest BCUT2D eigenvalue weighted by atomic mass is 10.1. The summed E-state index contributed by atoms with van der Waals surface area (Å²) in [6.45, 7) is -0.0285. The predicted octanol–water partition coefficient (Wildman–Crippen LogP) is 2.58. The molecule has 2 amide bonds. The minimum atomic E-state index is -4.53. The normalized spacial score (nSPS) is 19.8. The Hall–Kier alpha value is -2.05. The first-order chi connectivity index (χ1) is 11.1. The lowest BCUT2D eigenvalue weighted by Crippen LogP contribution is -2.45. The van der Waals surface area contributed by atoms with Crippen molar-refractivity contribution in [2.24, 2.45) is 5.92 Å². The van der Waals surface area contributed by atoms with Gasteiger partial charge in [0.15, 0.2) is 0 Å². The molecule has 0 bridgehead atoms. The Morgan fingerprint density at radius 1 is 1.25 bits per heavy atom. The van der Waals surface area contributed by atoms with Gasteiger partial charge in [0.2, 0.25) is 11.8 Å². The summed E-state index contributed by atoms with van der Waals surface area (Å²) in [7, 11) is 2.90. The molecule has 0 saturated heterocycles. The molecule has 0 aliphatic heterocycles. The number of hydrogen-bond donors (Lipinski definition) is 0. The van der Waals surface area contributed by atoms with E-state index in [0.29, 0.717) is 11.3 Å². The first-order valence-electron chi connectivity index (χ1n) is 7.70. The van der Waals surface area contributed by atoms with Crippen LogP contribution in [-0.4, -0.2) is 55.0 Å². The third kappa shape index (κ3) is 4.72. The Bertz CT molecular complexity index is 629. The zero-order chi connectivity index (χ0) is 18.1. The van der Waals surface area contributed by atoms with E-state index >= 15 is 0 Å². The molecular formula is C17H21F3N2O2. The van der Waals surface area contributed by atoms with E-state index in [2.05, 4.69) is 0 Å². The minimum Gasteiger partial charge on any atom is -0.347 e. The number of amides is 2. The number of benzene rings is 1. The molecule has 0 heterocycles. The fraction of sp³-hybridized carbons (Fsp3) is 0.529. The van der Waals surface area contributed by atoms with E-state index in [1.54, 1.807) is 0 Å². The van der Waals surface area contributed by atoms with Crippen molar-refractivity contribution in [2.75, 3.05) is 27.2 Å². The van der Waals surface area contributed by atoms with E-state index in [1.807, 2.05) is 31.2 Å². The monoisotopic (exact) mass is 342 g/mol. The van der Waals surface area contributed by atoms with Gasteiger partial charge in [-0.3, -0.25) is 9.59 Å². The fourth-order valence-electron chi connectivity index (χ4n) is 2.70. The van der Waals surface area contributed by atoms with Crippen LogP contribution in [0.1, 0.15) is 23.5 Å². The van der Waals surface area contributed by atoms with Crippen molar-refractivity contribution in [3.63, 3.8) is 0 Å². The van der Waals surface area contributed by atoms with Crippen molar-refractivity contribution >= 4 is 11.8 Å². The van der Waals surface area contributed by atoms with Crippen LogP contribution in [0.25, 0.3) is 0 Å². The molecule has 24 heavy (non-hydrogen) atoms. The van der Waals surface area contributed by atoms with Crippen molar-refractivity contribution in [1.82, 2.24) is 9.80 Å². The second-order valence-corrected chi connectivity index (χ2v) is 6.46. The summed E-state index contributed by atoms with van der Waals surface area (Å²) in [5.74, 6) is -1.68. The van der Waals surface area contributed by atoms with Crippen LogP contribution < -0.4 is 0 Å². The zero-order valence-electron chi connectivity index (χ0n) is 13.9. The van der Waals surface area contributed by atoms with Crippen LogP contribution in [0.5, 0.6) is 0 Å². The molecular weight excluding hydrogens is 321 g/mol. The SMILES string of the molecule is Cc1cccc([C@@H]2C[C@@H]2C(=O)N(CC(=O)N(C)C)CC(F)(F)F)c1. The fourth-order valence-corrected chi connectivity index (χ4v) is 2.70. The summed E-state index contributed by atoms with van der Waals surface area (Å²) in [5, 5.41) is 0. The number of likely N-dealkylation sites (N-methyl/N-ethyl adjacent to an activating group) is 1. The van der Waals surface area contributed by atoms with E-state index in [-0.39, 0.29) is 5.92 Å². The third-order valence-electron chi connectivity index (χ3n) is 4.08. The summed E-state index contributed by atoms with van der Waals surface area (Å²) in [6, 6.07) is 7.61. The molecule has 0 aromatic heterocycles. The van der Waals surface area contributed by atoms with Gasteiger partial charge in [0.25, 0.3) is 0 Å². The van der Waals surface area contributed by atoms with Gasteiger partial charge >= 0.3 is 6.18 Å². The molecule has 0 radical (unpaired) electrons. The van der Waals surface area contributed by atoms with Gasteiger partial charge in [-0.2, -0.15) is 13.2 Å². The van der Waals surface area contributed by atoms with Gasteiger partial charge in [-0.05, 0) is 24.8 Å². The molecule has 1 aromatic carbocycles. The first kappa shape index (κ1) is 18.3. The summed E-state index contributed by atoms with van der Waals surface area (Å²) in [5.41, 5.74) is 2.00. The van der Waals surface area contributed by atoms with Gasteiger partial charge in [0.05, 0.1) is 0 Å². The molecule has 1 aromatic rings. The highest BCUT2D eigenvalue weighted by Crippen LogP contribution is 2.48. The lowest BCUT2D eigenvalue weighted by Gasteiger charge is -2.25. The van der Waals surface area contributed by atoms with Gasteiger partial charge in [0, 0.05) is 20.0 Å². The van der Waals surface area contributed by atoms with Crippen LogP contribution in [0.3, 0.4) is 0 Å². The molecule has 1 aliphatic carbocycles. The molecule has 1 aliphatic rings.